The number of nitrogens with one attached hydrogen (secondary N) is 1. The maximum absolute atomic E-state index is 13.1. The van der Waals surface area contributed by atoms with Crippen molar-refractivity contribution in [3.05, 3.63) is 81.7 Å². The van der Waals surface area contributed by atoms with E-state index in [1.807, 2.05) is 57.2 Å². The van der Waals surface area contributed by atoms with Gasteiger partial charge in [-0.05, 0) is 57.0 Å². The number of aromatic nitrogens is 3. The summed E-state index contributed by atoms with van der Waals surface area (Å²) >= 11 is 6.05. The number of amides is 1. The van der Waals surface area contributed by atoms with E-state index in [-0.39, 0.29) is 17.0 Å². The number of nitrogens with zero attached hydrogens (tertiary/aromatic N) is 3. The predicted molar refractivity (Wildman–Crippen MR) is 142 cm³/mol. The Morgan fingerprint density at radius 3 is 2.29 bits per heavy atom. The van der Waals surface area contributed by atoms with E-state index in [0.29, 0.717) is 22.1 Å². The van der Waals surface area contributed by atoms with Crippen LogP contribution in [0.25, 0.3) is 28.3 Å². The van der Waals surface area contributed by atoms with Crippen LogP contribution in [-0.4, -0.2) is 25.4 Å². The second-order valence-corrected chi connectivity index (χ2v) is 10.2. The minimum Gasteiger partial charge on any atom is -0.347 e. The molecule has 2 aromatic heterocycles. The summed E-state index contributed by atoms with van der Waals surface area (Å²) in [5.74, 6) is 0.476. The minimum atomic E-state index is -0.316. The average Bonchev–Trinajstić information content (AvgIpc) is 3.26. The molecule has 4 aromatic rings. The highest BCUT2D eigenvalue weighted by atomic mass is 35.5. The van der Waals surface area contributed by atoms with Crippen LogP contribution in [0, 0.1) is 0 Å². The van der Waals surface area contributed by atoms with Crippen molar-refractivity contribution in [1.29, 1.82) is 0 Å². The third-order valence-electron chi connectivity index (χ3n) is 5.77. The van der Waals surface area contributed by atoms with E-state index in [0.717, 1.165) is 42.6 Å². The highest BCUT2D eigenvalue weighted by molar-refractivity contribution is 6.30. The van der Waals surface area contributed by atoms with Gasteiger partial charge in [-0.25, -0.2) is 4.98 Å². The number of carbonyl (C=O) groups is 1. The van der Waals surface area contributed by atoms with Gasteiger partial charge in [0.15, 0.2) is 0 Å². The van der Waals surface area contributed by atoms with Crippen LogP contribution in [0.4, 0.5) is 0 Å². The van der Waals surface area contributed by atoms with Crippen LogP contribution in [0.2, 0.25) is 5.02 Å². The molecular formula is C28H31ClN4O2. The molecular weight excluding hydrogens is 460 g/mol. The number of benzene rings is 2. The van der Waals surface area contributed by atoms with Crippen LogP contribution < -0.4 is 10.9 Å². The lowest BCUT2D eigenvalue weighted by molar-refractivity contribution is 0.0919. The van der Waals surface area contributed by atoms with E-state index in [1.165, 1.54) is 0 Å². The molecule has 6 nitrogen and oxygen atoms in total. The van der Waals surface area contributed by atoms with Crippen LogP contribution in [0.5, 0.6) is 0 Å². The molecule has 1 N–H and O–H groups in total. The maximum Gasteiger partial charge on any atom is 0.259 e. The lowest BCUT2D eigenvalue weighted by Crippen LogP contribution is -2.40. The summed E-state index contributed by atoms with van der Waals surface area (Å²) in [5, 5.41) is 3.63. The molecule has 0 aliphatic heterocycles. The minimum absolute atomic E-state index is 0.124. The first-order valence-corrected chi connectivity index (χ1v) is 12.4. The smallest absolute Gasteiger partial charge is 0.259 e. The SMILES string of the molecule is CCCCCn1c(-c2ccc(C(=O)NC(C)(C)C)cc2)cc(=O)n2cc(-c3ccc(Cl)cc3)nc12. The van der Waals surface area contributed by atoms with Crippen molar-refractivity contribution in [2.45, 2.75) is 59.0 Å². The first-order valence-electron chi connectivity index (χ1n) is 12.0. The number of unbranched alkanes of at least 4 members (excludes halogenated alkanes) is 2. The molecule has 4 rings (SSSR count). The average molecular weight is 491 g/mol. The highest BCUT2D eigenvalue weighted by Crippen LogP contribution is 2.25. The molecule has 0 radical (unpaired) electrons. The monoisotopic (exact) mass is 490 g/mol. The Labute approximate surface area is 210 Å². The van der Waals surface area contributed by atoms with Crippen molar-refractivity contribution in [3.63, 3.8) is 0 Å². The van der Waals surface area contributed by atoms with E-state index < -0.39 is 0 Å². The van der Waals surface area contributed by atoms with Crippen LogP contribution in [0.3, 0.4) is 0 Å². The van der Waals surface area contributed by atoms with Gasteiger partial charge in [-0.2, -0.15) is 0 Å². The van der Waals surface area contributed by atoms with Crippen LogP contribution in [0.15, 0.2) is 65.6 Å². The predicted octanol–water partition coefficient (Wildman–Crippen LogP) is 6.20. The van der Waals surface area contributed by atoms with Gasteiger partial charge in [-0.3, -0.25) is 14.0 Å². The van der Waals surface area contributed by atoms with Gasteiger partial charge < -0.3 is 9.88 Å². The number of rotatable bonds is 7. The fourth-order valence-electron chi connectivity index (χ4n) is 4.04. The molecule has 2 aromatic carbocycles. The fourth-order valence-corrected chi connectivity index (χ4v) is 4.17. The van der Waals surface area contributed by atoms with Gasteiger partial charge in [0, 0.05) is 40.5 Å². The number of carbonyl (C=O) groups excluding carboxylic acids is 1. The van der Waals surface area contributed by atoms with Crippen LogP contribution in [0.1, 0.15) is 57.3 Å². The normalized spacial score (nSPS) is 11.7. The van der Waals surface area contributed by atoms with Crippen LogP contribution >= 0.6 is 11.6 Å². The Morgan fingerprint density at radius 1 is 1.00 bits per heavy atom. The maximum atomic E-state index is 13.1. The molecule has 0 saturated carbocycles. The first-order chi connectivity index (χ1) is 16.7. The van der Waals surface area contributed by atoms with E-state index in [4.69, 9.17) is 16.6 Å². The Morgan fingerprint density at radius 2 is 1.66 bits per heavy atom. The van der Waals surface area contributed by atoms with Crippen molar-refractivity contribution in [2.24, 2.45) is 0 Å². The molecule has 0 bridgehead atoms. The molecule has 0 spiro atoms. The molecule has 2 heterocycles. The lowest BCUT2D eigenvalue weighted by Gasteiger charge is -2.20. The topological polar surface area (TPSA) is 68.4 Å². The Hall–Kier alpha value is -3.38. The van der Waals surface area contributed by atoms with Gasteiger partial charge in [0.05, 0.1) is 11.4 Å². The molecule has 35 heavy (non-hydrogen) atoms. The van der Waals surface area contributed by atoms with E-state index >= 15 is 0 Å². The first kappa shape index (κ1) is 24.7. The molecule has 0 fully saturated rings. The van der Waals surface area contributed by atoms with E-state index in [9.17, 15) is 9.59 Å². The van der Waals surface area contributed by atoms with Crippen molar-refractivity contribution < 1.29 is 4.79 Å². The molecule has 0 saturated heterocycles. The number of aryl methyl sites for hydroxylation is 1. The Kier molecular flexibility index (Phi) is 7.13. The summed E-state index contributed by atoms with van der Waals surface area (Å²) in [7, 11) is 0. The van der Waals surface area contributed by atoms with Crippen molar-refractivity contribution in [2.75, 3.05) is 0 Å². The quantitative estimate of drug-likeness (QED) is 0.313. The third kappa shape index (κ3) is 5.65. The zero-order valence-corrected chi connectivity index (χ0v) is 21.4. The van der Waals surface area contributed by atoms with Gasteiger partial charge in [0.1, 0.15) is 0 Å². The van der Waals surface area contributed by atoms with Gasteiger partial charge >= 0.3 is 0 Å². The van der Waals surface area contributed by atoms with Gasteiger partial charge in [0.2, 0.25) is 5.78 Å². The fraction of sp³-hybridized carbons (Fsp3) is 0.321. The van der Waals surface area contributed by atoms with E-state index in [2.05, 4.69) is 16.8 Å². The molecule has 0 aliphatic rings. The number of halogens is 1. The lowest BCUT2D eigenvalue weighted by atomic mass is 10.1. The second-order valence-electron chi connectivity index (χ2n) is 9.81. The van der Waals surface area contributed by atoms with Crippen LogP contribution in [-0.2, 0) is 6.54 Å². The Balaban J connectivity index is 1.79. The third-order valence-corrected chi connectivity index (χ3v) is 6.03. The number of hydrogen-bond acceptors (Lipinski definition) is 3. The second kappa shape index (κ2) is 10.1. The molecule has 1 amide bonds. The summed E-state index contributed by atoms with van der Waals surface area (Å²) in [5.41, 5.74) is 3.38. The van der Waals surface area contributed by atoms with Crippen molar-refractivity contribution in [1.82, 2.24) is 19.3 Å². The number of fused-ring (bicyclic) bond motifs is 1. The summed E-state index contributed by atoms with van der Waals surface area (Å²) in [6.45, 7) is 8.75. The molecule has 0 unspecified atom stereocenters. The highest BCUT2D eigenvalue weighted by Gasteiger charge is 2.17. The largest absolute Gasteiger partial charge is 0.347 e. The number of hydrogen-bond donors (Lipinski definition) is 1. The molecule has 7 heteroatoms. The zero-order chi connectivity index (χ0) is 25.2. The van der Waals surface area contributed by atoms with Gasteiger partial charge in [-0.15, -0.1) is 0 Å². The van der Waals surface area contributed by atoms with Gasteiger partial charge in [0.25, 0.3) is 11.5 Å². The Bertz CT molecular complexity index is 1390. The standard InChI is InChI=1S/C28H31ClN4O2/c1-5-6-7-16-32-24(20-8-10-21(11-9-20)26(35)31-28(2,3)4)17-25(34)33-18-23(30-27(32)33)19-12-14-22(29)15-13-19/h8-15,17-18H,5-7,16H2,1-4H3,(H,31,35). The van der Waals surface area contributed by atoms with Crippen molar-refractivity contribution in [3.8, 4) is 22.5 Å². The van der Waals surface area contributed by atoms with Crippen molar-refractivity contribution >= 4 is 23.3 Å². The van der Waals surface area contributed by atoms with E-state index in [1.54, 1.807) is 28.8 Å². The summed E-state index contributed by atoms with van der Waals surface area (Å²) in [6, 6.07) is 16.5. The molecule has 0 atom stereocenters. The summed E-state index contributed by atoms with van der Waals surface area (Å²) < 4.78 is 3.70. The number of imidazole rings is 1. The molecule has 182 valence electrons. The summed E-state index contributed by atoms with van der Waals surface area (Å²) in [4.78, 5) is 30.5. The zero-order valence-electron chi connectivity index (χ0n) is 20.6. The summed E-state index contributed by atoms with van der Waals surface area (Å²) in [6.07, 6.45) is 4.92. The molecule has 0 aliphatic carbocycles. The van der Waals surface area contributed by atoms with Gasteiger partial charge in [-0.1, -0.05) is 55.6 Å².